The van der Waals surface area contributed by atoms with E-state index in [2.05, 4.69) is 10.4 Å². The van der Waals surface area contributed by atoms with Gasteiger partial charge < -0.3 is 16.2 Å². The molecule has 0 bridgehead atoms. The molecule has 8 nitrogen and oxygen atoms in total. The molecule has 0 unspecified atom stereocenters. The Morgan fingerprint density at radius 2 is 2.07 bits per heavy atom. The summed E-state index contributed by atoms with van der Waals surface area (Å²) < 4.78 is 2.85. The Morgan fingerprint density at radius 3 is 2.61 bits per heavy atom. The molecular formula is C20H30N5O3+. The molecule has 0 atom stereocenters. The number of allylic oxidation sites excluding steroid dienone is 1. The SMILES string of the molecule is CC(C)/C=C/c1c(N)[nH]n2c(=O)c(C(=O)NC3CC3)c(O)[n+](CC(C)(C)C)c12. The highest BCUT2D eigenvalue weighted by atomic mass is 16.3. The van der Waals surface area contributed by atoms with Crippen molar-refractivity contribution in [1.82, 2.24) is 14.9 Å². The zero-order valence-corrected chi connectivity index (χ0v) is 17.2. The van der Waals surface area contributed by atoms with Crippen LogP contribution in [0, 0.1) is 11.3 Å². The number of anilines is 1. The first-order valence-corrected chi connectivity index (χ1v) is 9.67. The van der Waals surface area contributed by atoms with Gasteiger partial charge in [-0.25, -0.2) is 9.89 Å². The molecule has 8 heteroatoms. The van der Waals surface area contributed by atoms with Gasteiger partial charge in [0.15, 0.2) is 5.82 Å². The summed E-state index contributed by atoms with van der Waals surface area (Å²) in [5, 5.41) is 16.6. The number of nitrogens with one attached hydrogen (secondary N) is 2. The first-order chi connectivity index (χ1) is 13.0. The van der Waals surface area contributed by atoms with Crippen LogP contribution in [0.15, 0.2) is 10.9 Å². The molecule has 152 valence electrons. The number of nitrogens with zero attached hydrogens (tertiary/aromatic N) is 2. The minimum atomic E-state index is -0.619. The monoisotopic (exact) mass is 388 g/mol. The van der Waals surface area contributed by atoms with Gasteiger partial charge >= 0.3 is 17.1 Å². The van der Waals surface area contributed by atoms with Crippen LogP contribution in [0.4, 0.5) is 5.82 Å². The van der Waals surface area contributed by atoms with Gasteiger partial charge in [0.2, 0.25) is 5.56 Å². The number of fused-ring (bicyclic) bond motifs is 1. The number of hydrogen-bond donors (Lipinski definition) is 4. The number of nitrogens with two attached hydrogens (primary N) is 1. The van der Waals surface area contributed by atoms with Crippen LogP contribution in [0.25, 0.3) is 11.7 Å². The van der Waals surface area contributed by atoms with Gasteiger partial charge in [0.25, 0.3) is 5.91 Å². The summed E-state index contributed by atoms with van der Waals surface area (Å²) in [4.78, 5) is 25.7. The highest BCUT2D eigenvalue weighted by Crippen LogP contribution is 2.24. The summed E-state index contributed by atoms with van der Waals surface area (Å²) in [6.45, 7) is 10.5. The Labute approximate surface area is 164 Å². The zero-order valence-electron chi connectivity index (χ0n) is 17.2. The van der Waals surface area contributed by atoms with Gasteiger partial charge in [-0.3, -0.25) is 4.79 Å². The second kappa shape index (κ2) is 7.00. The van der Waals surface area contributed by atoms with Crippen molar-refractivity contribution in [3.05, 3.63) is 27.6 Å². The van der Waals surface area contributed by atoms with Crippen LogP contribution in [0.3, 0.4) is 0 Å². The molecule has 1 aliphatic carbocycles. The van der Waals surface area contributed by atoms with E-state index in [-0.39, 0.29) is 28.8 Å². The lowest BCUT2D eigenvalue weighted by molar-refractivity contribution is -0.692. The number of aromatic hydroxyl groups is 1. The van der Waals surface area contributed by atoms with Crippen LogP contribution in [0.1, 0.15) is 63.4 Å². The molecule has 5 N–H and O–H groups in total. The molecule has 1 saturated carbocycles. The maximum atomic E-state index is 13.0. The summed E-state index contributed by atoms with van der Waals surface area (Å²) >= 11 is 0. The fraction of sp³-hybridized carbons (Fsp3) is 0.550. The summed E-state index contributed by atoms with van der Waals surface area (Å²) in [5.41, 5.74) is 6.10. The average Bonchev–Trinajstić information content (AvgIpc) is 3.30. The lowest BCUT2D eigenvalue weighted by Crippen LogP contribution is -2.47. The fourth-order valence-corrected chi connectivity index (χ4v) is 3.09. The van der Waals surface area contributed by atoms with E-state index < -0.39 is 11.5 Å². The van der Waals surface area contributed by atoms with Crippen molar-refractivity contribution in [3.63, 3.8) is 0 Å². The number of carbonyl (C=O) groups excluding carboxylic acids is 1. The molecule has 0 aromatic carbocycles. The van der Waals surface area contributed by atoms with Crippen molar-refractivity contribution >= 4 is 23.4 Å². The van der Waals surface area contributed by atoms with Crippen molar-refractivity contribution in [2.75, 3.05) is 5.73 Å². The lowest BCUT2D eigenvalue weighted by Gasteiger charge is -2.18. The number of amides is 1. The number of carbonyl (C=O) groups is 1. The first-order valence-electron chi connectivity index (χ1n) is 9.67. The molecule has 0 saturated heterocycles. The number of aromatic amines is 1. The van der Waals surface area contributed by atoms with Gasteiger partial charge in [-0.1, -0.05) is 45.2 Å². The summed E-state index contributed by atoms with van der Waals surface area (Å²) in [5.74, 6) is -0.309. The molecule has 0 aliphatic heterocycles. The van der Waals surface area contributed by atoms with Gasteiger partial charge in [0, 0.05) is 6.04 Å². The lowest BCUT2D eigenvalue weighted by atomic mass is 9.96. The molecule has 2 aromatic rings. The summed E-state index contributed by atoms with van der Waals surface area (Å²) in [7, 11) is 0. The third kappa shape index (κ3) is 3.90. The van der Waals surface area contributed by atoms with E-state index in [1.54, 1.807) is 4.57 Å². The molecule has 28 heavy (non-hydrogen) atoms. The minimum absolute atomic E-state index is 0.0707. The summed E-state index contributed by atoms with van der Waals surface area (Å²) in [6, 6.07) is 0.0707. The smallest absolute Gasteiger partial charge is 0.378 e. The van der Waals surface area contributed by atoms with E-state index in [1.165, 1.54) is 4.52 Å². The largest absolute Gasteiger partial charge is 0.477 e. The second-order valence-electron chi connectivity index (χ2n) is 9.10. The molecular weight excluding hydrogens is 358 g/mol. The fourth-order valence-electron chi connectivity index (χ4n) is 3.09. The number of nitrogen functional groups attached to an aromatic ring is 1. The van der Waals surface area contributed by atoms with Crippen LogP contribution in [0.2, 0.25) is 0 Å². The number of hydrogen-bond acceptors (Lipinski definition) is 4. The van der Waals surface area contributed by atoms with E-state index in [9.17, 15) is 14.7 Å². The third-order valence-corrected chi connectivity index (χ3v) is 4.55. The van der Waals surface area contributed by atoms with Crippen molar-refractivity contribution < 1.29 is 14.5 Å². The molecule has 0 radical (unpaired) electrons. The Bertz CT molecular complexity index is 1000. The normalized spacial score (nSPS) is 15.1. The molecule has 2 aromatic heterocycles. The average molecular weight is 388 g/mol. The maximum Gasteiger partial charge on any atom is 0.378 e. The van der Waals surface area contributed by atoms with Crippen LogP contribution in [0.5, 0.6) is 5.88 Å². The van der Waals surface area contributed by atoms with Gasteiger partial charge in [-0.05, 0) is 30.3 Å². The highest BCUT2D eigenvalue weighted by molar-refractivity contribution is 5.96. The van der Waals surface area contributed by atoms with E-state index in [0.29, 0.717) is 23.6 Å². The van der Waals surface area contributed by atoms with E-state index in [1.807, 2.05) is 46.8 Å². The van der Waals surface area contributed by atoms with Crippen molar-refractivity contribution in [1.29, 1.82) is 0 Å². The Hall–Kier alpha value is -2.77. The van der Waals surface area contributed by atoms with Crippen LogP contribution in [-0.4, -0.2) is 26.7 Å². The van der Waals surface area contributed by atoms with Gasteiger partial charge in [-0.2, -0.15) is 4.57 Å². The molecule has 1 amide bonds. The summed E-state index contributed by atoms with van der Waals surface area (Å²) in [6.07, 6.45) is 5.58. The van der Waals surface area contributed by atoms with Crippen molar-refractivity contribution in [2.24, 2.45) is 11.3 Å². The number of aromatic nitrogens is 3. The van der Waals surface area contributed by atoms with Crippen LogP contribution < -0.4 is 21.2 Å². The standard InChI is InChI=1S/C20H29N5O3/c1-11(2)6-9-13-15(21)23-25-17(13)24(10-20(3,4)5)18(27)14(19(25)28)16(26)22-12-7-8-12/h6,9,11-12H,7-8,10H2,1-5H3,(H4,21,22,23,26,27,28)/p+1/b9-6+. The Balaban J connectivity index is 2.30. The molecule has 2 heterocycles. The van der Waals surface area contributed by atoms with E-state index >= 15 is 0 Å². The first kappa shape index (κ1) is 20.0. The highest BCUT2D eigenvalue weighted by Gasteiger charge is 2.36. The van der Waals surface area contributed by atoms with Gasteiger partial charge in [0.1, 0.15) is 5.56 Å². The molecule has 1 aliphatic rings. The molecule has 1 fully saturated rings. The van der Waals surface area contributed by atoms with Gasteiger partial charge in [0.05, 0.1) is 6.54 Å². The van der Waals surface area contributed by atoms with Crippen LogP contribution >= 0.6 is 0 Å². The predicted octanol–water partition coefficient (Wildman–Crippen LogP) is 1.81. The second-order valence-corrected chi connectivity index (χ2v) is 9.10. The van der Waals surface area contributed by atoms with Crippen LogP contribution in [-0.2, 0) is 6.54 Å². The van der Waals surface area contributed by atoms with Crippen molar-refractivity contribution in [3.8, 4) is 5.88 Å². The topological polar surface area (TPSA) is 116 Å². The molecule has 0 spiro atoms. The number of rotatable bonds is 5. The maximum absolute atomic E-state index is 13.0. The van der Waals surface area contributed by atoms with Gasteiger partial charge in [-0.15, -0.1) is 0 Å². The predicted molar refractivity (Wildman–Crippen MR) is 108 cm³/mol. The van der Waals surface area contributed by atoms with E-state index in [0.717, 1.165) is 12.8 Å². The zero-order chi connectivity index (χ0) is 20.8. The Kier molecular flexibility index (Phi) is 4.99. The number of H-pyrrole nitrogens is 1. The van der Waals surface area contributed by atoms with Crippen molar-refractivity contribution in [2.45, 2.75) is 60.0 Å². The Morgan fingerprint density at radius 1 is 1.43 bits per heavy atom. The van der Waals surface area contributed by atoms with E-state index in [4.69, 9.17) is 5.73 Å². The molecule has 3 rings (SSSR count). The minimum Gasteiger partial charge on any atom is -0.477 e. The third-order valence-electron chi connectivity index (χ3n) is 4.55. The quantitative estimate of drug-likeness (QED) is 0.585.